The lowest BCUT2D eigenvalue weighted by molar-refractivity contribution is -0.120. The summed E-state index contributed by atoms with van der Waals surface area (Å²) in [6.07, 6.45) is 0.336. The lowest BCUT2D eigenvalue weighted by Crippen LogP contribution is -2.50. The molecule has 0 aliphatic carbocycles. The van der Waals surface area contributed by atoms with Gasteiger partial charge >= 0.3 is 0 Å². The minimum Gasteiger partial charge on any atom is -0.325 e. The number of carbonyl (C=O) groups is 1. The number of nitrogens with one attached hydrogen (secondary N) is 1. The van der Waals surface area contributed by atoms with Crippen LogP contribution in [0.5, 0.6) is 0 Å². The largest absolute Gasteiger partial charge is 0.325 e. The molecule has 0 radical (unpaired) electrons. The van der Waals surface area contributed by atoms with E-state index in [1.54, 1.807) is 29.6 Å². The Hall–Kier alpha value is -2.00. The number of amides is 1. The number of sulfonamides is 1. The van der Waals surface area contributed by atoms with Crippen molar-refractivity contribution in [3.05, 3.63) is 81.6 Å². The van der Waals surface area contributed by atoms with Crippen molar-refractivity contribution in [2.24, 2.45) is 0 Å². The molecule has 1 aromatic heterocycles. The summed E-state index contributed by atoms with van der Waals surface area (Å²) in [4.78, 5) is 13.1. The summed E-state index contributed by atoms with van der Waals surface area (Å²) < 4.78 is 28.9. The molecule has 1 atom stereocenters. The smallest absolute Gasteiger partial charge is 0.253 e. The lowest BCUT2D eigenvalue weighted by Gasteiger charge is -2.34. The Labute approximate surface area is 176 Å². The molecule has 2 aromatic carbocycles. The first kappa shape index (κ1) is 19.3. The summed E-state index contributed by atoms with van der Waals surface area (Å²) in [6, 6.07) is 17.3. The van der Waals surface area contributed by atoms with Gasteiger partial charge in [0.1, 0.15) is 10.3 Å². The first-order chi connectivity index (χ1) is 13.4. The highest BCUT2D eigenvalue weighted by molar-refractivity contribution is 9.10. The van der Waals surface area contributed by atoms with Gasteiger partial charge in [-0.25, -0.2) is 8.42 Å². The maximum atomic E-state index is 13.2. The number of fused-ring (bicyclic) bond motifs is 1. The molecule has 5 nitrogen and oxygen atoms in total. The lowest BCUT2D eigenvalue weighted by atomic mass is 9.95. The maximum Gasteiger partial charge on any atom is 0.253 e. The fraction of sp³-hybridized carbons (Fsp3) is 0.150. The van der Waals surface area contributed by atoms with Gasteiger partial charge in [0.25, 0.3) is 10.0 Å². The van der Waals surface area contributed by atoms with E-state index in [-0.39, 0.29) is 16.7 Å². The first-order valence-electron chi connectivity index (χ1n) is 8.64. The Balaban J connectivity index is 1.69. The predicted octanol–water partition coefficient (Wildman–Crippen LogP) is 4.26. The van der Waals surface area contributed by atoms with E-state index in [4.69, 9.17) is 0 Å². The maximum absolute atomic E-state index is 13.2. The molecule has 0 spiro atoms. The van der Waals surface area contributed by atoms with Crippen LogP contribution < -0.4 is 5.32 Å². The Bertz CT molecular complexity index is 1100. The number of hydrogen-bond donors (Lipinski definition) is 1. The minimum atomic E-state index is -3.77. The second-order valence-electron chi connectivity index (χ2n) is 6.47. The third kappa shape index (κ3) is 3.77. The number of anilines is 1. The zero-order valence-electron chi connectivity index (χ0n) is 14.7. The van der Waals surface area contributed by atoms with E-state index in [1.165, 1.54) is 4.31 Å². The van der Waals surface area contributed by atoms with E-state index < -0.39 is 16.1 Å². The zero-order chi connectivity index (χ0) is 19.7. The summed E-state index contributed by atoms with van der Waals surface area (Å²) in [5.74, 6) is -0.336. The summed E-state index contributed by atoms with van der Waals surface area (Å²) in [6.45, 7) is 0.175. The first-order valence-corrected chi connectivity index (χ1v) is 11.7. The highest BCUT2D eigenvalue weighted by Gasteiger charge is 2.40. The molecule has 3 aromatic rings. The van der Waals surface area contributed by atoms with E-state index in [2.05, 4.69) is 21.2 Å². The van der Waals surface area contributed by atoms with E-state index in [9.17, 15) is 13.2 Å². The van der Waals surface area contributed by atoms with Crippen LogP contribution >= 0.6 is 27.3 Å². The van der Waals surface area contributed by atoms with E-state index >= 15 is 0 Å². The molecule has 144 valence electrons. The summed E-state index contributed by atoms with van der Waals surface area (Å²) >= 11 is 4.52. The fourth-order valence-electron chi connectivity index (χ4n) is 3.26. The second kappa shape index (κ2) is 7.79. The van der Waals surface area contributed by atoms with Crippen LogP contribution in [0.15, 0.2) is 74.7 Å². The van der Waals surface area contributed by atoms with E-state index in [1.807, 2.05) is 36.4 Å². The number of thiophene rings is 1. The molecule has 8 heteroatoms. The van der Waals surface area contributed by atoms with Gasteiger partial charge in [-0.1, -0.05) is 46.3 Å². The van der Waals surface area contributed by atoms with Gasteiger partial charge in [-0.05, 0) is 53.3 Å². The van der Waals surface area contributed by atoms with Crippen LogP contribution in [0.1, 0.15) is 11.1 Å². The molecule has 1 aliphatic heterocycles. The van der Waals surface area contributed by atoms with Crippen LogP contribution in [0.25, 0.3) is 0 Å². The number of halogens is 1. The molecule has 1 N–H and O–H groups in total. The van der Waals surface area contributed by atoms with Gasteiger partial charge in [-0.2, -0.15) is 4.31 Å². The molecule has 4 rings (SSSR count). The molecule has 0 bridgehead atoms. The molecule has 0 saturated carbocycles. The van der Waals surface area contributed by atoms with Gasteiger partial charge in [-0.3, -0.25) is 4.79 Å². The van der Waals surface area contributed by atoms with Crippen molar-refractivity contribution < 1.29 is 13.2 Å². The molecule has 28 heavy (non-hydrogen) atoms. The molecule has 0 unspecified atom stereocenters. The van der Waals surface area contributed by atoms with Crippen LogP contribution in [-0.4, -0.2) is 24.7 Å². The Kier molecular flexibility index (Phi) is 5.37. The highest BCUT2D eigenvalue weighted by Crippen LogP contribution is 2.31. The van der Waals surface area contributed by atoms with Gasteiger partial charge < -0.3 is 5.32 Å². The van der Waals surface area contributed by atoms with Gasteiger partial charge in [0.05, 0.1) is 0 Å². The summed E-state index contributed by atoms with van der Waals surface area (Å²) in [5.41, 5.74) is 2.55. The number of rotatable bonds is 4. The third-order valence-corrected chi connectivity index (χ3v) is 8.43. The van der Waals surface area contributed by atoms with Crippen molar-refractivity contribution >= 4 is 48.9 Å². The second-order valence-corrected chi connectivity index (χ2v) is 10.4. The quantitative estimate of drug-likeness (QED) is 0.611. The topological polar surface area (TPSA) is 66.5 Å². The number of carbonyl (C=O) groups excluding carboxylic acids is 1. The third-order valence-electron chi connectivity index (χ3n) is 4.68. The van der Waals surface area contributed by atoms with Crippen molar-refractivity contribution in [3.63, 3.8) is 0 Å². The van der Waals surface area contributed by atoms with Crippen molar-refractivity contribution in [2.45, 2.75) is 23.2 Å². The molecule has 2 heterocycles. The van der Waals surface area contributed by atoms with Crippen LogP contribution in [0.3, 0.4) is 0 Å². The summed E-state index contributed by atoms with van der Waals surface area (Å²) in [5, 5.41) is 4.58. The number of hydrogen-bond acceptors (Lipinski definition) is 4. The van der Waals surface area contributed by atoms with Gasteiger partial charge in [0.2, 0.25) is 5.91 Å². The number of nitrogens with zero attached hydrogens (tertiary/aromatic N) is 1. The standard InChI is InChI=1S/C20H17BrN2O3S2/c21-16-7-9-17(10-8-16)22-20(24)18-12-14-4-1-2-5-15(14)13-23(18)28(25,26)19-6-3-11-27-19/h1-11,18H,12-13H2,(H,22,24)/t18-/m0/s1. The normalized spacial score (nSPS) is 17.1. The Morgan fingerprint density at radius 1 is 1.04 bits per heavy atom. The van der Waals surface area contributed by atoms with Crippen LogP contribution in [0.2, 0.25) is 0 Å². The van der Waals surface area contributed by atoms with Crippen LogP contribution in [-0.2, 0) is 27.8 Å². The van der Waals surface area contributed by atoms with Gasteiger partial charge in [0, 0.05) is 16.7 Å². The average Bonchev–Trinajstić information content (AvgIpc) is 3.24. The van der Waals surface area contributed by atoms with Crippen LogP contribution in [0, 0.1) is 0 Å². The zero-order valence-corrected chi connectivity index (χ0v) is 17.9. The molecule has 0 saturated heterocycles. The van der Waals surface area contributed by atoms with Gasteiger partial charge in [0.15, 0.2) is 0 Å². The van der Waals surface area contributed by atoms with Crippen LogP contribution in [0.4, 0.5) is 5.69 Å². The Morgan fingerprint density at radius 3 is 2.43 bits per heavy atom. The SMILES string of the molecule is O=C(Nc1ccc(Br)cc1)[C@@H]1Cc2ccccc2CN1S(=O)(=O)c1cccs1. The van der Waals surface area contributed by atoms with E-state index in [0.717, 1.165) is 26.9 Å². The summed E-state index contributed by atoms with van der Waals surface area (Å²) in [7, 11) is -3.77. The van der Waals surface area contributed by atoms with Crippen molar-refractivity contribution in [2.75, 3.05) is 5.32 Å². The average molecular weight is 477 g/mol. The molecular formula is C20H17BrN2O3S2. The predicted molar refractivity (Wildman–Crippen MR) is 114 cm³/mol. The number of benzene rings is 2. The monoisotopic (exact) mass is 476 g/mol. The molecule has 0 fully saturated rings. The molecular weight excluding hydrogens is 460 g/mol. The molecule has 1 amide bonds. The van der Waals surface area contributed by atoms with Gasteiger partial charge in [-0.15, -0.1) is 11.3 Å². The van der Waals surface area contributed by atoms with Crippen molar-refractivity contribution in [1.82, 2.24) is 4.31 Å². The minimum absolute atomic E-state index is 0.175. The molecule has 1 aliphatic rings. The van der Waals surface area contributed by atoms with Crippen molar-refractivity contribution in [3.8, 4) is 0 Å². The van der Waals surface area contributed by atoms with E-state index in [0.29, 0.717) is 12.1 Å². The van der Waals surface area contributed by atoms with Crippen molar-refractivity contribution in [1.29, 1.82) is 0 Å². The highest BCUT2D eigenvalue weighted by atomic mass is 79.9. The fourth-order valence-corrected chi connectivity index (χ4v) is 6.21. The Morgan fingerprint density at radius 2 is 1.75 bits per heavy atom.